The Labute approximate surface area is 67.8 Å². The van der Waals surface area contributed by atoms with E-state index in [1.54, 1.807) is 0 Å². The fourth-order valence-electron chi connectivity index (χ4n) is 2.89. The zero-order chi connectivity index (χ0) is 8.28. The smallest absolute Gasteiger partial charge is 0.0826 e. The van der Waals surface area contributed by atoms with E-state index < -0.39 is 5.60 Å². The Bertz CT molecular complexity index is 166. The van der Waals surface area contributed by atoms with Gasteiger partial charge in [-0.25, -0.2) is 0 Å². The lowest BCUT2D eigenvalue weighted by Crippen LogP contribution is -2.60. The van der Waals surface area contributed by atoms with Crippen molar-refractivity contribution in [2.24, 2.45) is 17.6 Å². The van der Waals surface area contributed by atoms with Gasteiger partial charge in [-0.1, -0.05) is 0 Å². The van der Waals surface area contributed by atoms with Gasteiger partial charge in [0.15, 0.2) is 0 Å². The van der Waals surface area contributed by atoms with Gasteiger partial charge in [0.05, 0.1) is 5.60 Å². The molecular weight excluding hydrogens is 138 g/mol. The molecule has 4 unspecified atom stereocenters. The van der Waals surface area contributed by atoms with Crippen molar-refractivity contribution in [1.82, 2.24) is 0 Å². The molecule has 0 aromatic heterocycles. The summed E-state index contributed by atoms with van der Waals surface area (Å²) >= 11 is 0. The van der Waals surface area contributed by atoms with Crippen LogP contribution in [0.25, 0.3) is 0 Å². The van der Waals surface area contributed by atoms with Crippen molar-refractivity contribution in [1.29, 1.82) is 0 Å². The molecule has 2 aliphatic rings. The average Bonchev–Trinajstić information content (AvgIpc) is 2.37. The van der Waals surface area contributed by atoms with Gasteiger partial charge in [-0.3, -0.25) is 0 Å². The first kappa shape index (κ1) is 7.56. The highest BCUT2D eigenvalue weighted by Crippen LogP contribution is 2.55. The van der Waals surface area contributed by atoms with E-state index in [9.17, 15) is 5.11 Å². The van der Waals surface area contributed by atoms with Crippen LogP contribution in [0.1, 0.15) is 33.1 Å². The first-order valence-electron chi connectivity index (χ1n) is 4.47. The molecule has 0 aliphatic heterocycles. The van der Waals surface area contributed by atoms with Gasteiger partial charge in [-0.2, -0.15) is 0 Å². The predicted molar refractivity (Wildman–Crippen MR) is 44.0 cm³/mol. The third kappa shape index (κ3) is 0.695. The molecule has 2 aliphatic carbocycles. The van der Waals surface area contributed by atoms with Crippen LogP contribution in [0, 0.1) is 11.8 Å². The van der Waals surface area contributed by atoms with Crippen LogP contribution in [0.5, 0.6) is 0 Å². The topological polar surface area (TPSA) is 46.2 Å². The minimum Gasteiger partial charge on any atom is -0.388 e. The van der Waals surface area contributed by atoms with Crippen LogP contribution in [0.15, 0.2) is 0 Å². The molecule has 0 heterocycles. The summed E-state index contributed by atoms with van der Waals surface area (Å²) in [4.78, 5) is 0. The van der Waals surface area contributed by atoms with Gasteiger partial charge in [-0.15, -0.1) is 0 Å². The van der Waals surface area contributed by atoms with E-state index >= 15 is 0 Å². The molecule has 2 nitrogen and oxygen atoms in total. The summed E-state index contributed by atoms with van der Waals surface area (Å²) < 4.78 is 0. The second kappa shape index (κ2) is 1.80. The van der Waals surface area contributed by atoms with Crippen LogP contribution in [-0.2, 0) is 0 Å². The Morgan fingerprint density at radius 3 is 2.09 bits per heavy atom. The second-order valence-corrected chi connectivity index (χ2v) is 4.64. The Morgan fingerprint density at radius 2 is 1.82 bits per heavy atom. The molecular formula is C9H17NO. The van der Waals surface area contributed by atoms with Gasteiger partial charge in [0.25, 0.3) is 0 Å². The largest absolute Gasteiger partial charge is 0.388 e. The van der Waals surface area contributed by atoms with Gasteiger partial charge < -0.3 is 10.8 Å². The number of hydrogen-bond acceptors (Lipinski definition) is 2. The molecule has 0 aromatic rings. The molecule has 2 rings (SSSR count). The number of nitrogens with two attached hydrogens (primary N) is 1. The number of hydrogen-bond donors (Lipinski definition) is 2. The van der Waals surface area contributed by atoms with Gasteiger partial charge in [0.2, 0.25) is 0 Å². The maximum atomic E-state index is 10.1. The molecule has 64 valence electrons. The highest BCUT2D eigenvalue weighted by Gasteiger charge is 2.60. The van der Waals surface area contributed by atoms with E-state index in [4.69, 9.17) is 5.73 Å². The summed E-state index contributed by atoms with van der Waals surface area (Å²) in [5.74, 6) is 1.02. The molecule has 0 amide bonds. The summed E-state index contributed by atoms with van der Waals surface area (Å²) in [5, 5.41) is 10.1. The lowest BCUT2D eigenvalue weighted by molar-refractivity contribution is -0.0525. The van der Waals surface area contributed by atoms with E-state index in [0.717, 1.165) is 6.42 Å². The summed E-state index contributed by atoms with van der Waals surface area (Å²) in [7, 11) is 0. The Balaban J connectivity index is 2.36. The summed E-state index contributed by atoms with van der Waals surface area (Å²) in [6.07, 6.45) is 3.53. The van der Waals surface area contributed by atoms with Crippen molar-refractivity contribution >= 4 is 0 Å². The third-order valence-corrected chi connectivity index (χ3v) is 4.17. The SMILES string of the molecule is CC1(N)C2CCC(C2)C1(C)O. The third-order valence-electron chi connectivity index (χ3n) is 4.17. The zero-order valence-corrected chi connectivity index (χ0v) is 7.30. The van der Waals surface area contributed by atoms with Crippen molar-refractivity contribution in [3.05, 3.63) is 0 Å². The van der Waals surface area contributed by atoms with E-state index in [1.807, 2.05) is 13.8 Å². The van der Waals surface area contributed by atoms with Crippen molar-refractivity contribution in [3.63, 3.8) is 0 Å². The van der Waals surface area contributed by atoms with E-state index in [-0.39, 0.29) is 5.54 Å². The Morgan fingerprint density at radius 1 is 1.27 bits per heavy atom. The van der Waals surface area contributed by atoms with Crippen molar-refractivity contribution in [2.45, 2.75) is 44.2 Å². The molecule has 4 atom stereocenters. The van der Waals surface area contributed by atoms with Crippen LogP contribution >= 0.6 is 0 Å². The first-order chi connectivity index (χ1) is 4.96. The summed E-state index contributed by atoms with van der Waals surface area (Å²) in [6.45, 7) is 3.90. The Hall–Kier alpha value is -0.0800. The standard InChI is InChI=1S/C9H17NO/c1-8(10)6-3-4-7(5-6)9(8,2)11/h6-7,11H,3-5,10H2,1-2H3. The fourth-order valence-corrected chi connectivity index (χ4v) is 2.89. The summed E-state index contributed by atoms with van der Waals surface area (Å²) in [6, 6.07) is 0. The van der Waals surface area contributed by atoms with Crippen LogP contribution in [-0.4, -0.2) is 16.2 Å². The van der Waals surface area contributed by atoms with Crippen LogP contribution < -0.4 is 5.73 Å². The molecule has 0 spiro atoms. The maximum absolute atomic E-state index is 10.1. The Kier molecular flexibility index (Phi) is 1.24. The van der Waals surface area contributed by atoms with Crippen molar-refractivity contribution in [3.8, 4) is 0 Å². The van der Waals surface area contributed by atoms with Crippen LogP contribution in [0.4, 0.5) is 0 Å². The zero-order valence-electron chi connectivity index (χ0n) is 7.30. The molecule has 0 radical (unpaired) electrons. The second-order valence-electron chi connectivity index (χ2n) is 4.64. The van der Waals surface area contributed by atoms with Crippen LogP contribution in [0.3, 0.4) is 0 Å². The quantitative estimate of drug-likeness (QED) is 0.545. The molecule has 2 fully saturated rings. The molecule has 11 heavy (non-hydrogen) atoms. The van der Waals surface area contributed by atoms with E-state index in [1.165, 1.54) is 12.8 Å². The number of aliphatic hydroxyl groups is 1. The molecule has 2 heteroatoms. The summed E-state index contributed by atoms with van der Waals surface area (Å²) in [5.41, 5.74) is 5.14. The van der Waals surface area contributed by atoms with E-state index in [0.29, 0.717) is 11.8 Å². The van der Waals surface area contributed by atoms with Gasteiger partial charge in [0.1, 0.15) is 0 Å². The van der Waals surface area contributed by atoms with Crippen LogP contribution in [0.2, 0.25) is 0 Å². The first-order valence-corrected chi connectivity index (χ1v) is 4.47. The van der Waals surface area contributed by atoms with Gasteiger partial charge in [-0.05, 0) is 44.9 Å². The fraction of sp³-hybridized carbons (Fsp3) is 1.00. The van der Waals surface area contributed by atoms with Crippen molar-refractivity contribution in [2.75, 3.05) is 0 Å². The highest BCUT2D eigenvalue weighted by molar-refractivity contribution is 5.15. The number of rotatable bonds is 0. The average molecular weight is 155 g/mol. The molecule has 2 saturated carbocycles. The molecule has 0 saturated heterocycles. The number of fused-ring (bicyclic) bond motifs is 2. The van der Waals surface area contributed by atoms with Gasteiger partial charge in [0, 0.05) is 5.54 Å². The highest BCUT2D eigenvalue weighted by atomic mass is 16.3. The minimum absolute atomic E-state index is 0.337. The van der Waals surface area contributed by atoms with Crippen molar-refractivity contribution < 1.29 is 5.11 Å². The maximum Gasteiger partial charge on any atom is 0.0826 e. The molecule has 2 bridgehead atoms. The lowest BCUT2D eigenvalue weighted by atomic mass is 9.72. The predicted octanol–water partition coefficient (Wildman–Crippen LogP) is 0.885. The minimum atomic E-state index is -0.615. The van der Waals surface area contributed by atoms with Gasteiger partial charge >= 0.3 is 0 Å². The molecule has 0 aromatic carbocycles. The van der Waals surface area contributed by atoms with E-state index in [2.05, 4.69) is 0 Å². The monoisotopic (exact) mass is 155 g/mol. The molecule has 3 N–H and O–H groups in total. The normalized spacial score (nSPS) is 62.2. The lowest BCUT2D eigenvalue weighted by Gasteiger charge is -2.43.